The minimum atomic E-state index is -0.774. The van der Waals surface area contributed by atoms with Gasteiger partial charge in [-0.2, -0.15) is 0 Å². The molecule has 6 heteroatoms. The van der Waals surface area contributed by atoms with Gasteiger partial charge in [0.25, 0.3) is 0 Å². The highest BCUT2D eigenvalue weighted by atomic mass is 16.6. The summed E-state index contributed by atoms with van der Waals surface area (Å²) >= 11 is 0. The fourth-order valence-corrected chi connectivity index (χ4v) is 7.18. The SMILES string of the molecule is CCCC/C=C\C=C/CCCCCC(=O)OCC(COC(=O)CCCCCCCCCCCCCCCC)OC(=O)CCCCCCCCCCCCCCCC. The lowest BCUT2D eigenvalue weighted by atomic mass is 10.0. The van der Waals surface area contributed by atoms with Gasteiger partial charge in [0, 0.05) is 19.3 Å². The number of carbonyl (C=O) groups is 3. The van der Waals surface area contributed by atoms with Crippen LogP contribution in [-0.4, -0.2) is 37.2 Å². The fourth-order valence-electron chi connectivity index (χ4n) is 7.18. The second-order valence-corrected chi connectivity index (χ2v) is 16.8. The third-order valence-electron chi connectivity index (χ3n) is 11.0. The van der Waals surface area contributed by atoms with Crippen LogP contribution in [0.1, 0.15) is 265 Å². The Labute approximate surface area is 353 Å². The number of esters is 3. The molecule has 0 N–H and O–H groups in total. The highest BCUT2D eigenvalue weighted by molar-refractivity contribution is 5.71. The van der Waals surface area contributed by atoms with Crippen molar-refractivity contribution >= 4 is 17.9 Å². The highest BCUT2D eigenvalue weighted by Gasteiger charge is 2.19. The number of allylic oxidation sites excluding steroid dienone is 4. The average molecular weight is 803 g/mol. The normalized spacial score (nSPS) is 12.1. The lowest BCUT2D eigenvalue weighted by molar-refractivity contribution is -0.167. The summed E-state index contributed by atoms with van der Waals surface area (Å²) < 4.78 is 16.7. The van der Waals surface area contributed by atoms with E-state index in [2.05, 4.69) is 45.1 Å². The summed E-state index contributed by atoms with van der Waals surface area (Å²) in [7, 11) is 0. The molecule has 57 heavy (non-hydrogen) atoms. The zero-order valence-electron chi connectivity index (χ0n) is 38.1. The van der Waals surface area contributed by atoms with Crippen LogP contribution in [0.3, 0.4) is 0 Å². The van der Waals surface area contributed by atoms with Crippen molar-refractivity contribution in [2.45, 2.75) is 271 Å². The molecule has 0 spiro atoms. The Morgan fingerprint density at radius 1 is 0.351 bits per heavy atom. The van der Waals surface area contributed by atoms with Gasteiger partial charge in [-0.3, -0.25) is 14.4 Å². The molecule has 0 rings (SSSR count). The van der Waals surface area contributed by atoms with Crippen molar-refractivity contribution in [3.05, 3.63) is 24.3 Å². The molecule has 0 aliphatic carbocycles. The van der Waals surface area contributed by atoms with Gasteiger partial charge in [-0.1, -0.05) is 231 Å². The van der Waals surface area contributed by atoms with Crippen LogP contribution in [0.2, 0.25) is 0 Å². The first-order valence-corrected chi connectivity index (χ1v) is 24.9. The van der Waals surface area contributed by atoms with E-state index in [9.17, 15) is 14.4 Å². The molecule has 0 fully saturated rings. The summed E-state index contributed by atoms with van der Waals surface area (Å²) in [5, 5.41) is 0. The summed E-state index contributed by atoms with van der Waals surface area (Å²) in [4.78, 5) is 37.8. The maximum atomic E-state index is 12.8. The van der Waals surface area contributed by atoms with Crippen molar-refractivity contribution in [3.63, 3.8) is 0 Å². The Morgan fingerprint density at radius 3 is 0.982 bits per heavy atom. The van der Waals surface area contributed by atoms with E-state index in [1.54, 1.807) is 0 Å². The van der Waals surface area contributed by atoms with Gasteiger partial charge in [-0.25, -0.2) is 0 Å². The first-order valence-electron chi connectivity index (χ1n) is 24.9. The Hall–Kier alpha value is -2.11. The van der Waals surface area contributed by atoms with Crippen LogP contribution < -0.4 is 0 Å². The molecule has 6 nitrogen and oxygen atoms in total. The molecule has 1 atom stereocenters. The molecule has 0 aromatic rings. The van der Waals surface area contributed by atoms with Crippen molar-refractivity contribution in [3.8, 4) is 0 Å². The largest absolute Gasteiger partial charge is 0.462 e. The topological polar surface area (TPSA) is 78.9 Å². The molecule has 0 radical (unpaired) electrons. The molecule has 0 aliphatic heterocycles. The predicted molar refractivity (Wildman–Crippen MR) is 243 cm³/mol. The van der Waals surface area contributed by atoms with Crippen molar-refractivity contribution in [1.29, 1.82) is 0 Å². The van der Waals surface area contributed by atoms with Crippen LogP contribution in [0.15, 0.2) is 24.3 Å². The molecule has 334 valence electrons. The molecule has 0 saturated carbocycles. The van der Waals surface area contributed by atoms with Crippen LogP contribution in [0, 0.1) is 0 Å². The van der Waals surface area contributed by atoms with Gasteiger partial charge in [0.05, 0.1) is 0 Å². The Bertz CT molecular complexity index is 927. The molecule has 0 aromatic carbocycles. The molecule has 0 aromatic heterocycles. The zero-order chi connectivity index (χ0) is 41.5. The molecule has 0 amide bonds. The smallest absolute Gasteiger partial charge is 0.306 e. The van der Waals surface area contributed by atoms with E-state index in [1.165, 1.54) is 154 Å². The first-order chi connectivity index (χ1) is 28.0. The Balaban J connectivity index is 4.35. The van der Waals surface area contributed by atoms with Crippen molar-refractivity contribution < 1.29 is 28.6 Å². The Kier molecular flexibility index (Phi) is 44.9. The van der Waals surface area contributed by atoms with Gasteiger partial charge in [-0.15, -0.1) is 0 Å². The van der Waals surface area contributed by atoms with Crippen molar-refractivity contribution in [2.75, 3.05) is 13.2 Å². The van der Waals surface area contributed by atoms with Crippen molar-refractivity contribution in [1.82, 2.24) is 0 Å². The molecule has 1 unspecified atom stereocenters. The van der Waals surface area contributed by atoms with Crippen LogP contribution in [0.5, 0.6) is 0 Å². The van der Waals surface area contributed by atoms with E-state index >= 15 is 0 Å². The van der Waals surface area contributed by atoms with Gasteiger partial charge >= 0.3 is 17.9 Å². The minimum absolute atomic E-state index is 0.0750. The predicted octanol–water partition coefficient (Wildman–Crippen LogP) is 16.0. The molecule has 0 bridgehead atoms. The lowest BCUT2D eigenvalue weighted by Crippen LogP contribution is -2.30. The summed E-state index contributed by atoms with van der Waals surface area (Å²) in [5.41, 5.74) is 0. The maximum Gasteiger partial charge on any atom is 0.306 e. The highest BCUT2D eigenvalue weighted by Crippen LogP contribution is 2.16. The van der Waals surface area contributed by atoms with E-state index in [4.69, 9.17) is 14.2 Å². The standard InChI is InChI=1S/C51H94O6/c1-4-7-10-13-16-19-22-24-26-29-32-35-38-41-44-50(53)56-47-48(46-55-49(52)43-40-37-34-31-28-21-18-15-12-9-6-3)57-51(54)45-42-39-36-33-30-27-25-23-20-17-14-11-8-5-2/h15,18,21,28,48H,4-14,16-17,19-20,22-27,29-47H2,1-3H3/b18-15-,28-21-. The Morgan fingerprint density at radius 2 is 0.632 bits per heavy atom. The van der Waals surface area contributed by atoms with Gasteiger partial charge in [0.15, 0.2) is 6.10 Å². The second kappa shape index (κ2) is 46.6. The zero-order valence-corrected chi connectivity index (χ0v) is 38.1. The monoisotopic (exact) mass is 803 g/mol. The van der Waals surface area contributed by atoms with E-state index in [0.29, 0.717) is 19.3 Å². The number of ether oxygens (including phenoxy) is 3. The van der Waals surface area contributed by atoms with E-state index in [-0.39, 0.29) is 31.1 Å². The van der Waals surface area contributed by atoms with Gasteiger partial charge in [-0.05, 0) is 38.5 Å². The number of carbonyl (C=O) groups excluding carboxylic acids is 3. The fraction of sp³-hybridized carbons (Fsp3) is 0.863. The van der Waals surface area contributed by atoms with Crippen LogP contribution >= 0.6 is 0 Å². The van der Waals surface area contributed by atoms with E-state index < -0.39 is 6.10 Å². The molecular weight excluding hydrogens is 709 g/mol. The van der Waals surface area contributed by atoms with Crippen LogP contribution in [0.4, 0.5) is 0 Å². The second-order valence-electron chi connectivity index (χ2n) is 16.8. The lowest BCUT2D eigenvalue weighted by Gasteiger charge is -2.18. The first kappa shape index (κ1) is 54.9. The molecule has 0 heterocycles. The van der Waals surface area contributed by atoms with Crippen molar-refractivity contribution in [2.24, 2.45) is 0 Å². The number of unbranched alkanes of at least 4 members (excludes halogenated alkanes) is 31. The number of rotatable bonds is 45. The maximum absolute atomic E-state index is 12.8. The average Bonchev–Trinajstić information content (AvgIpc) is 3.21. The van der Waals surface area contributed by atoms with Crippen LogP contribution in [-0.2, 0) is 28.6 Å². The summed E-state index contributed by atoms with van der Waals surface area (Å²) in [6.45, 7) is 6.58. The third-order valence-corrected chi connectivity index (χ3v) is 11.0. The molecule has 0 aliphatic rings. The minimum Gasteiger partial charge on any atom is -0.462 e. The third kappa shape index (κ3) is 44.8. The molecule has 0 saturated heterocycles. The molecular formula is C51H94O6. The van der Waals surface area contributed by atoms with E-state index in [0.717, 1.165) is 70.6 Å². The summed E-state index contributed by atoms with van der Waals surface area (Å²) in [5.74, 6) is -0.892. The van der Waals surface area contributed by atoms with E-state index in [1.807, 2.05) is 0 Å². The summed E-state index contributed by atoms with van der Waals surface area (Å²) in [6.07, 6.45) is 51.6. The van der Waals surface area contributed by atoms with Gasteiger partial charge in [0.2, 0.25) is 0 Å². The van der Waals surface area contributed by atoms with Crippen LogP contribution in [0.25, 0.3) is 0 Å². The van der Waals surface area contributed by atoms with Gasteiger partial charge < -0.3 is 14.2 Å². The summed E-state index contributed by atoms with van der Waals surface area (Å²) in [6, 6.07) is 0. The van der Waals surface area contributed by atoms with Gasteiger partial charge in [0.1, 0.15) is 13.2 Å². The quantitative estimate of drug-likeness (QED) is 0.0264. The number of hydrogen-bond acceptors (Lipinski definition) is 6. The number of hydrogen-bond donors (Lipinski definition) is 0.